The van der Waals surface area contributed by atoms with Gasteiger partial charge in [0, 0.05) is 17.5 Å². The lowest BCUT2D eigenvalue weighted by molar-refractivity contribution is 0.164. The zero-order chi connectivity index (χ0) is 18.6. The number of methoxy groups -OCH3 is 1. The Kier molecular flexibility index (Phi) is 6.34. The molecule has 0 spiro atoms. The van der Waals surface area contributed by atoms with Crippen LogP contribution in [-0.4, -0.2) is 40.1 Å². The molecule has 1 aromatic heterocycles. The summed E-state index contributed by atoms with van der Waals surface area (Å²) in [6, 6.07) is 11.4. The highest BCUT2D eigenvalue weighted by atomic mass is 32.2. The lowest BCUT2D eigenvalue weighted by Crippen LogP contribution is -2.40. The average molecular weight is 395 g/mol. The molecular weight excluding hydrogens is 368 g/mol. The standard InChI is InChI=1S/C19H26N2O3S2/c1-15-9-10-19(25-15)26(22,23)20-14-18(21-11-4-3-5-12-21)16-7-6-8-17(13-16)24-2/h6-10,13,18,20H,3-5,11-12,14H2,1-2H3. The SMILES string of the molecule is COc1cccc(C(CNS(=O)(=O)c2ccc(C)s2)N2CCCCC2)c1. The summed E-state index contributed by atoms with van der Waals surface area (Å²) >= 11 is 1.30. The number of benzene rings is 1. The molecule has 1 fully saturated rings. The predicted octanol–water partition coefficient (Wildman–Crippen LogP) is 3.57. The zero-order valence-electron chi connectivity index (χ0n) is 15.3. The van der Waals surface area contributed by atoms with Gasteiger partial charge in [-0.05, 0) is 62.7 Å². The van der Waals surface area contributed by atoms with Crippen LogP contribution in [0.15, 0.2) is 40.6 Å². The summed E-state index contributed by atoms with van der Waals surface area (Å²) in [6.07, 6.45) is 3.54. The Balaban J connectivity index is 1.81. The van der Waals surface area contributed by atoms with Crippen LogP contribution in [0, 0.1) is 6.92 Å². The van der Waals surface area contributed by atoms with Crippen LogP contribution in [0.5, 0.6) is 5.75 Å². The van der Waals surface area contributed by atoms with Gasteiger partial charge in [-0.25, -0.2) is 13.1 Å². The van der Waals surface area contributed by atoms with E-state index in [9.17, 15) is 8.42 Å². The number of hydrogen-bond acceptors (Lipinski definition) is 5. The summed E-state index contributed by atoms with van der Waals surface area (Å²) in [7, 11) is -1.84. The van der Waals surface area contributed by atoms with Gasteiger partial charge in [-0.15, -0.1) is 11.3 Å². The number of thiophene rings is 1. The minimum absolute atomic E-state index is 0.00114. The number of sulfonamides is 1. The third kappa shape index (κ3) is 4.65. The number of likely N-dealkylation sites (tertiary alicyclic amines) is 1. The molecule has 0 amide bonds. The van der Waals surface area contributed by atoms with Gasteiger partial charge >= 0.3 is 0 Å². The third-order valence-electron chi connectivity index (χ3n) is 4.76. The molecule has 142 valence electrons. The molecule has 7 heteroatoms. The van der Waals surface area contributed by atoms with Crippen molar-refractivity contribution in [2.24, 2.45) is 0 Å². The molecule has 2 heterocycles. The molecule has 1 unspecified atom stereocenters. The summed E-state index contributed by atoms with van der Waals surface area (Å²) in [5, 5.41) is 0. The maximum atomic E-state index is 12.6. The molecule has 0 bridgehead atoms. The first-order chi connectivity index (χ1) is 12.5. The first-order valence-electron chi connectivity index (χ1n) is 8.94. The fourth-order valence-corrected chi connectivity index (χ4v) is 5.72. The van der Waals surface area contributed by atoms with E-state index >= 15 is 0 Å². The summed E-state index contributed by atoms with van der Waals surface area (Å²) in [5.41, 5.74) is 1.08. The largest absolute Gasteiger partial charge is 0.497 e. The second-order valence-electron chi connectivity index (χ2n) is 6.61. The Bertz CT molecular complexity index is 827. The topological polar surface area (TPSA) is 58.6 Å². The molecule has 5 nitrogen and oxygen atoms in total. The van der Waals surface area contributed by atoms with Crippen LogP contribution in [-0.2, 0) is 10.0 Å². The van der Waals surface area contributed by atoms with Crippen LogP contribution in [0.25, 0.3) is 0 Å². The van der Waals surface area contributed by atoms with Crippen molar-refractivity contribution in [1.82, 2.24) is 9.62 Å². The maximum Gasteiger partial charge on any atom is 0.250 e. The molecule has 1 aliphatic heterocycles. The van der Waals surface area contributed by atoms with Gasteiger partial charge in [-0.2, -0.15) is 0 Å². The van der Waals surface area contributed by atoms with Gasteiger partial charge in [-0.1, -0.05) is 18.6 Å². The first-order valence-corrected chi connectivity index (χ1v) is 11.2. The third-order valence-corrected chi connectivity index (χ3v) is 7.67. The molecular formula is C19H26N2O3S2. The van der Waals surface area contributed by atoms with E-state index in [0.29, 0.717) is 10.8 Å². The highest BCUT2D eigenvalue weighted by molar-refractivity contribution is 7.91. The fourth-order valence-electron chi connectivity index (χ4n) is 3.35. The van der Waals surface area contributed by atoms with Crippen LogP contribution >= 0.6 is 11.3 Å². The van der Waals surface area contributed by atoms with Crippen molar-refractivity contribution in [1.29, 1.82) is 0 Å². The smallest absolute Gasteiger partial charge is 0.250 e. The number of ether oxygens (including phenoxy) is 1. The van der Waals surface area contributed by atoms with E-state index in [0.717, 1.165) is 42.1 Å². The van der Waals surface area contributed by atoms with Gasteiger partial charge in [0.1, 0.15) is 9.96 Å². The highest BCUT2D eigenvalue weighted by Crippen LogP contribution is 2.28. The van der Waals surface area contributed by atoms with E-state index in [1.54, 1.807) is 13.2 Å². The lowest BCUT2D eigenvalue weighted by atomic mass is 10.0. The first kappa shape index (κ1) is 19.4. The van der Waals surface area contributed by atoms with Crippen LogP contribution in [0.4, 0.5) is 0 Å². The summed E-state index contributed by atoms with van der Waals surface area (Å²) in [4.78, 5) is 3.37. The van der Waals surface area contributed by atoms with Gasteiger partial charge in [0.05, 0.1) is 7.11 Å². The Morgan fingerprint density at radius 3 is 2.62 bits per heavy atom. The van der Waals surface area contributed by atoms with E-state index in [4.69, 9.17) is 4.74 Å². The second kappa shape index (κ2) is 8.52. The van der Waals surface area contributed by atoms with E-state index < -0.39 is 10.0 Å². The molecule has 26 heavy (non-hydrogen) atoms. The Morgan fingerprint density at radius 2 is 1.96 bits per heavy atom. The summed E-state index contributed by atoms with van der Waals surface area (Å²) in [5.74, 6) is 0.793. The minimum Gasteiger partial charge on any atom is -0.497 e. The molecule has 1 aliphatic rings. The normalized spacial score (nSPS) is 17.2. The van der Waals surface area contributed by atoms with Crippen molar-refractivity contribution < 1.29 is 13.2 Å². The van der Waals surface area contributed by atoms with Gasteiger partial charge < -0.3 is 4.74 Å². The van der Waals surface area contributed by atoms with Crippen LogP contribution in [0.3, 0.4) is 0 Å². The molecule has 2 aromatic rings. The average Bonchev–Trinajstić information content (AvgIpc) is 3.10. The van der Waals surface area contributed by atoms with E-state index in [1.165, 1.54) is 17.8 Å². The number of hydrogen-bond donors (Lipinski definition) is 1. The van der Waals surface area contributed by atoms with Crippen LogP contribution < -0.4 is 9.46 Å². The number of nitrogens with zero attached hydrogens (tertiary/aromatic N) is 1. The zero-order valence-corrected chi connectivity index (χ0v) is 16.9. The second-order valence-corrected chi connectivity index (χ2v) is 9.89. The van der Waals surface area contributed by atoms with E-state index in [1.807, 2.05) is 37.3 Å². The molecule has 1 aromatic carbocycles. The van der Waals surface area contributed by atoms with E-state index in [-0.39, 0.29) is 6.04 Å². The minimum atomic E-state index is -3.49. The van der Waals surface area contributed by atoms with Crippen molar-refractivity contribution in [3.63, 3.8) is 0 Å². The Hall–Kier alpha value is -1.41. The molecule has 0 radical (unpaired) electrons. The molecule has 0 saturated carbocycles. The molecule has 1 N–H and O–H groups in total. The number of aryl methyl sites for hydroxylation is 1. The fraction of sp³-hybridized carbons (Fsp3) is 0.474. The number of piperidine rings is 1. The number of rotatable bonds is 7. The quantitative estimate of drug-likeness (QED) is 0.780. The molecule has 3 rings (SSSR count). The summed E-state index contributed by atoms with van der Waals surface area (Å²) in [6.45, 7) is 4.24. The lowest BCUT2D eigenvalue weighted by Gasteiger charge is -2.35. The van der Waals surface area contributed by atoms with Crippen molar-refractivity contribution in [2.75, 3.05) is 26.7 Å². The van der Waals surface area contributed by atoms with Crippen LogP contribution in [0.1, 0.15) is 35.7 Å². The van der Waals surface area contributed by atoms with Crippen molar-refractivity contribution in [3.8, 4) is 5.75 Å². The van der Waals surface area contributed by atoms with Crippen molar-refractivity contribution >= 4 is 21.4 Å². The predicted molar refractivity (Wildman–Crippen MR) is 105 cm³/mol. The molecule has 1 atom stereocenters. The monoisotopic (exact) mass is 394 g/mol. The summed E-state index contributed by atoms with van der Waals surface area (Å²) < 4.78 is 33.8. The van der Waals surface area contributed by atoms with Gasteiger partial charge in [0.2, 0.25) is 10.0 Å². The van der Waals surface area contributed by atoms with Gasteiger partial charge in [-0.3, -0.25) is 4.90 Å². The van der Waals surface area contributed by atoms with Crippen molar-refractivity contribution in [2.45, 2.75) is 36.4 Å². The van der Waals surface area contributed by atoms with E-state index in [2.05, 4.69) is 9.62 Å². The highest BCUT2D eigenvalue weighted by Gasteiger charge is 2.25. The molecule has 0 aliphatic carbocycles. The van der Waals surface area contributed by atoms with Gasteiger partial charge in [0.25, 0.3) is 0 Å². The molecule has 1 saturated heterocycles. The van der Waals surface area contributed by atoms with Crippen LogP contribution in [0.2, 0.25) is 0 Å². The number of nitrogens with one attached hydrogen (secondary N) is 1. The maximum absolute atomic E-state index is 12.6. The van der Waals surface area contributed by atoms with Crippen molar-refractivity contribution in [3.05, 3.63) is 46.8 Å². The van der Waals surface area contributed by atoms with Gasteiger partial charge in [0.15, 0.2) is 0 Å². The Morgan fingerprint density at radius 1 is 1.19 bits per heavy atom. The Labute approximate surface area is 160 Å².